The van der Waals surface area contributed by atoms with E-state index in [2.05, 4.69) is 33.0 Å². The molecule has 4 heteroatoms. The van der Waals surface area contributed by atoms with Crippen LogP contribution in [-0.4, -0.2) is 16.8 Å². The predicted octanol–water partition coefficient (Wildman–Crippen LogP) is 5.22. The van der Waals surface area contributed by atoms with E-state index in [1.165, 1.54) is 0 Å². The molecule has 1 aliphatic heterocycles. The van der Waals surface area contributed by atoms with Crippen molar-refractivity contribution < 1.29 is 9.53 Å². The van der Waals surface area contributed by atoms with Crippen LogP contribution in [0.2, 0.25) is 0 Å². The Morgan fingerprint density at radius 1 is 1.16 bits per heavy atom. The maximum Gasteiger partial charge on any atom is 0.252 e. The highest BCUT2D eigenvalue weighted by atomic mass is 32.2. The number of para-hydroxylation sites is 1. The number of benzene rings is 2. The van der Waals surface area contributed by atoms with E-state index in [1.54, 1.807) is 11.8 Å². The summed E-state index contributed by atoms with van der Waals surface area (Å²) in [7, 11) is 0. The lowest BCUT2D eigenvalue weighted by Gasteiger charge is -2.38. The van der Waals surface area contributed by atoms with Gasteiger partial charge in [0.15, 0.2) is 0 Å². The molecule has 132 valence electrons. The maximum absolute atomic E-state index is 13.0. The number of hydrogen-bond donors (Lipinski definition) is 1. The molecule has 3 nitrogen and oxygen atoms in total. The van der Waals surface area contributed by atoms with Gasteiger partial charge < -0.3 is 10.1 Å². The molecular weight excluding hydrogens is 330 g/mol. The largest absolute Gasteiger partial charge is 0.487 e. The Hall–Kier alpha value is -1.94. The standard InChI is InChI=1S/C21H25NO2S/c1-14(2)25-19-12-8-6-10-16(19)20(23)22-17-13-21(3,4)24-18-11-7-5-9-15(17)18/h5-12,14,17H,13H2,1-4H3,(H,22,23)/t17-/m1/s1. The second kappa shape index (κ2) is 7.12. The first kappa shape index (κ1) is 17.9. The molecule has 1 heterocycles. The Morgan fingerprint density at radius 3 is 2.60 bits per heavy atom. The molecule has 0 unspecified atom stereocenters. The van der Waals surface area contributed by atoms with Gasteiger partial charge in [0.2, 0.25) is 0 Å². The SMILES string of the molecule is CC(C)Sc1ccccc1C(=O)N[C@@H]1CC(C)(C)Oc2ccccc21. The number of ether oxygens (including phenoxy) is 1. The van der Waals surface area contributed by atoms with Gasteiger partial charge in [0.1, 0.15) is 11.4 Å². The number of hydrogen-bond acceptors (Lipinski definition) is 3. The summed E-state index contributed by atoms with van der Waals surface area (Å²) < 4.78 is 6.06. The van der Waals surface area contributed by atoms with Crippen molar-refractivity contribution >= 4 is 17.7 Å². The number of carbonyl (C=O) groups excluding carboxylic acids is 1. The highest BCUT2D eigenvalue weighted by Crippen LogP contribution is 2.39. The summed E-state index contributed by atoms with van der Waals surface area (Å²) in [4.78, 5) is 14.0. The van der Waals surface area contributed by atoms with Gasteiger partial charge in [0.25, 0.3) is 5.91 Å². The lowest BCUT2D eigenvalue weighted by Crippen LogP contribution is -2.41. The average molecular weight is 356 g/mol. The van der Waals surface area contributed by atoms with Gasteiger partial charge in [-0.05, 0) is 32.0 Å². The van der Waals surface area contributed by atoms with Crippen LogP contribution in [0.1, 0.15) is 56.1 Å². The van der Waals surface area contributed by atoms with Crippen molar-refractivity contribution in [1.82, 2.24) is 5.32 Å². The van der Waals surface area contributed by atoms with E-state index in [1.807, 2.05) is 48.5 Å². The molecule has 0 saturated carbocycles. The second-order valence-electron chi connectivity index (χ2n) is 7.29. The van der Waals surface area contributed by atoms with Crippen LogP contribution in [0.3, 0.4) is 0 Å². The number of rotatable bonds is 4. The molecule has 0 aliphatic carbocycles. The van der Waals surface area contributed by atoms with Gasteiger partial charge in [-0.15, -0.1) is 11.8 Å². The number of thioether (sulfide) groups is 1. The van der Waals surface area contributed by atoms with Gasteiger partial charge in [0.05, 0.1) is 11.6 Å². The van der Waals surface area contributed by atoms with Crippen molar-refractivity contribution in [3.63, 3.8) is 0 Å². The van der Waals surface area contributed by atoms with Crippen LogP contribution in [-0.2, 0) is 0 Å². The molecule has 1 N–H and O–H groups in total. The molecule has 2 aromatic rings. The minimum absolute atomic E-state index is 0.0266. The molecule has 1 aliphatic rings. The van der Waals surface area contributed by atoms with E-state index in [-0.39, 0.29) is 17.6 Å². The molecule has 3 rings (SSSR count). The second-order valence-corrected chi connectivity index (χ2v) is 8.91. The van der Waals surface area contributed by atoms with E-state index >= 15 is 0 Å². The smallest absolute Gasteiger partial charge is 0.252 e. The van der Waals surface area contributed by atoms with Crippen LogP contribution in [0.25, 0.3) is 0 Å². The van der Waals surface area contributed by atoms with Gasteiger partial charge in [-0.3, -0.25) is 4.79 Å². The molecule has 2 aromatic carbocycles. The Morgan fingerprint density at radius 2 is 1.84 bits per heavy atom. The molecular formula is C21H25NO2S. The first-order valence-electron chi connectivity index (χ1n) is 8.70. The zero-order valence-electron chi connectivity index (χ0n) is 15.2. The van der Waals surface area contributed by atoms with Crippen molar-refractivity contribution in [2.45, 2.75) is 55.9 Å². The summed E-state index contributed by atoms with van der Waals surface area (Å²) in [6, 6.07) is 15.7. The van der Waals surface area contributed by atoms with E-state index in [0.29, 0.717) is 5.25 Å². The Kier molecular flexibility index (Phi) is 5.09. The Labute approximate surface area is 154 Å². The summed E-state index contributed by atoms with van der Waals surface area (Å²) in [5, 5.41) is 3.66. The Balaban J connectivity index is 1.87. The third-order valence-electron chi connectivity index (χ3n) is 4.18. The van der Waals surface area contributed by atoms with Crippen LogP contribution >= 0.6 is 11.8 Å². The monoisotopic (exact) mass is 355 g/mol. The fraction of sp³-hybridized carbons (Fsp3) is 0.381. The maximum atomic E-state index is 13.0. The molecule has 0 aromatic heterocycles. The molecule has 0 saturated heterocycles. The molecule has 0 bridgehead atoms. The third kappa shape index (κ3) is 4.18. The minimum Gasteiger partial charge on any atom is -0.487 e. The molecule has 0 spiro atoms. The van der Waals surface area contributed by atoms with Crippen molar-refractivity contribution in [3.05, 3.63) is 59.7 Å². The summed E-state index contributed by atoms with van der Waals surface area (Å²) in [5.41, 5.74) is 1.48. The summed E-state index contributed by atoms with van der Waals surface area (Å²) in [5.74, 6) is 0.829. The minimum atomic E-state index is -0.307. The lowest BCUT2D eigenvalue weighted by atomic mass is 9.89. The van der Waals surface area contributed by atoms with E-state index < -0.39 is 0 Å². The third-order valence-corrected chi connectivity index (χ3v) is 5.26. The number of carbonyl (C=O) groups is 1. The molecule has 0 radical (unpaired) electrons. The number of nitrogens with one attached hydrogen (secondary N) is 1. The number of amides is 1. The first-order chi connectivity index (χ1) is 11.9. The highest BCUT2D eigenvalue weighted by molar-refractivity contribution is 8.00. The molecule has 1 amide bonds. The van der Waals surface area contributed by atoms with Crippen molar-refractivity contribution in [3.8, 4) is 5.75 Å². The molecule has 0 fully saturated rings. The van der Waals surface area contributed by atoms with Gasteiger partial charge in [-0.25, -0.2) is 0 Å². The summed E-state index contributed by atoms with van der Waals surface area (Å²) >= 11 is 1.72. The van der Waals surface area contributed by atoms with Crippen LogP contribution in [0.15, 0.2) is 53.4 Å². The fourth-order valence-corrected chi connectivity index (χ4v) is 4.13. The topological polar surface area (TPSA) is 38.3 Å². The molecule has 1 atom stereocenters. The van der Waals surface area contributed by atoms with Gasteiger partial charge in [-0.1, -0.05) is 44.2 Å². The quantitative estimate of drug-likeness (QED) is 0.764. The van der Waals surface area contributed by atoms with Crippen LogP contribution in [0.5, 0.6) is 5.75 Å². The van der Waals surface area contributed by atoms with E-state index in [0.717, 1.165) is 28.2 Å². The highest BCUT2D eigenvalue weighted by Gasteiger charge is 2.34. The summed E-state index contributed by atoms with van der Waals surface area (Å²) in [6.07, 6.45) is 0.745. The zero-order chi connectivity index (χ0) is 18.0. The van der Waals surface area contributed by atoms with Gasteiger partial charge >= 0.3 is 0 Å². The molecule has 25 heavy (non-hydrogen) atoms. The van der Waals surface area contributed by atoms with Crippen molar-refractivity contribution in [1.29, 1.82) is 0 Å². The van der Waals surface area contributed by atoms with E-state index in [4.69, 9.17) is 4.74 Å². The van der Waals surface area contributed by atoms with Gasteiger partial charge in [0, 0.05) is 22.1 Å². The van der Waals surface area contributed by atoms with Gasteiger partial charge in [-0.2, -0.15) is 0 Å². The lowest BCUT2D eigenvalue weighted by molar-refractivity contribution is 0.0619. The van der Waals surface area contributed by atoms with Crippen molar-refractivity contribution in [2.75, 3.05) is 0 Å². The van der Waals surface area contributed by atoms with Crippen LogP contribution in [0, 0.1) is 0 Å². The van der Waals surface area contributed by atoms with E-state index in [9.17, 15) is 4.79 Å². The summed E-state index contributed by atoms with van der Waals surface area (Å²) in [6.45, 7) is 8.39. The Bertz CT molecular complexity index is 770. The first-order valence-corrected chi connectivity index (χ1v) is 9.58. The predicted molar refractivity (Wildman–Crippen MR) is 103 cm³/mol. The van der Waals surface area contributed by atoms with Crippen molar-refractivity contribution in [2.24, 2.45) is 0 Å². The number of fused-ring (bicyclic) bond motifs is 1. The zero-order valence-corrected chi connectivity index (χ0v) is 16.0. The average Bonchev–Trinajstić information content (AvgIpc) is 2.53. The van der Waals surface area contributed by atoms with Crippen LogP contribution in [0.4, 0.5) is 0 Å². The normalized spacial score (nSPS) is 18.4. The van der Waals surface area contributed by atoms with Crippen LogP contribution < -0.4 is 10.1 Å². The fourth-order valence-electron chi connectivity index (χ4n) is 3.18.